The molecule has 1 aromatic heterocycles. The summed E-state index contributed by atoms with van der Waals surface area (Å²) in [5, 5.41) is 6.25. The molecule has 2 aromatic carbocycles. The fourth-order valence-electron chi connectivity index (χ4n) is 2.87. The van der Waals surface area contributed by atoms with Gasteiger partial charge >= 0.3 is 6.03 Å². The van der Waals surface area contributed by atoms with Crippen LogP contribution in [-0.4, -0.2) is 28.9 Å². The molecule has 1 heterocycles. The van der Waals surface area contributed by atoms with Crippen molar-refractivity contribution in [3.05, 3.63) is 70.7 Å². The standard InChI is InChI=1S/C22H21N5O3S/c1-13-18(31-21(23-13)14-6-3-2-4-7-14)20(29)27-26-19(28)15-8-5-9-17(12-15)25-22(30)24-16-10-11-16/h2-9,12,16H,10-11H2,1H3,(H,26,28)(H,27,29)(H2,24,25,30). The number of hydrogen-bond acceptors (Lipinski definition) is 5. The lowest BCUT2D eigenvalue weighted by molar-refractivity contribution is 0.0848. The molecule has 1 fully saturated rings. The monoisotopic (exact) mass is 435 g/mol. The lowest BCUT2D eigenvalue weighted by atomic mass is 10.2. The summed E-state index contributed by atoms with van der Waals surface area (Å²) in [4.78, 5) is 41.7. The number of carbonyl (C=O) groups is 3. The van der Waals surface area contributed by atoms with Gasteiger partial charge in [-0.25, -0.2) is 9.78 Å². The minimum atomic E-state index is -0.495. The highest BCUT2D eigenvalue weighted by Gasteiger charge is 2.23. The van der Waals surface area contributed by atoms with E-state index in [1.165, 1.54) is 11.3 Å². The van der Waals surface area contributed by atoms with Crippen molar-refractivity contribution in [1.82, 2.24) is 21.2 Å². The van der Waals surface area contributed by atoms with Gasteiger partial charge in [-0.2, -0.15) is 0 Å². The van der Waals surface area contributed by atoms with Crippen LogP contribution in [0.4, 0.5) is 10.5 Å². The van der Waals surface area contributed by atoms with Crippen molar-refractivity contribution in [2.75, 3.05) is 5.32 Å². The number of nitrogens with one attached hydrogen (secondary N) is 4. The van der Waals surface area contributed by atoms with Gasteiger partial charge in [-0.15, -0.1) is 11.3 Å². The van der Waals surface area contributed by atoms with Crippen molar-refractivity contribution in [1.29, 1.82) is 0 Å². The van der Waals surface area contributed by atoms with Crippen LogP contribution in [-0.2, 0) is 0 Å². The Labute approximate surface area is 183 Å². The van der Waals surface area contributed by atoms with Gasteiger partial charge in [0.1, 0.15) is 9.88 Å². The van der Waals surface area contributed by atoms with Crippen molar-refractivity contribution >= 4 is 34.9 Å². The van der Waals surface area contributed by atoms with E-state index in [0.29, 0.717) is 21.8 Å². The molecule has 1 aliphatic carbocycles. The molecule has 158 valence electrons. The molecular weight excluding hydrogens is 414 g/mol. The molecule has 0 bridgehead atoms. The molecule has 1 aliphatic rings. The van der Waals surface area contributed by atoms with E-state index in [2.05, 4.69) is 26.5 Å². The Hall–Kier alpha value is -3.72. The first kappa shape index (κ1) is 20.5. The molecule has 31 heavy (non-hydrogen) atoms. The van der Waals surface area contributed by atoms with E-state index >= 15 is 0 Å². The maximum atomic E-state index is 12.5. The van der Waals surface area contributed by atoms with Crippen LogP contribution in [0, 0.1) is 6.92 Å². The number of rotatable bonds is 5. The zero-order valence-corrected chi connectivity index (χ0v) is 17.6. The Kier molecular flexibility index (Phi) is 5.94. The summed E-state index contributed by atoms with van der Waals surface area (Å²) in [6, 6.07) is 16.0. The summed E-state index contributed by atoms with van der Waals surface area (Å²) in [6.07, 6.45) is 1.98. The van der Waals surface area contributed by atoms with Crippen molar-refractivity contribution in [3.8, 4) is 10.6 Å². The summed E-state index contributed by atoms with van der Waals surface area (Å²) in [7, 11) is 0. The number of nitrogens with zero attached hydrogens (tertiary/aromatic N) is 1. The predicted octanol–water partition coefficient (Wildman–Crippen LogP) is 3.48. The highest BCUT2D eigenvalue weighted by molar-refractivity contribution is 7.17. The van der Waals surface area contributed by atoms with Crippen LogP contribution >= 0.6 is 11.3 Å². The van der Waals surface area contributed by atoms with E-state index in [4.69, 9.17) is 0 Å². The number of aromatic nitrogens is 1. The second-order valence-electron chi connectivity index (χ2n) is 7.16. The molecule has 4 amide bonds. The van der Waals surface area contributed by atoms with Crippen molar-refractivity contribution in [2.45, 2.75) is 25.8 Å². The number of amides is 4. The Morgan fingerprint density at radius 3 is 2.45 bits per heavy atom. The number of hydrogen-bond donors (Lipinski definition) is 4. The quantitative estimate of drug-likeness (QED) is 0.460. The fraction of sp³-hybridized carbons (Fsp3) is 0.182. The van der Waals surface area contributed by atoms with Crippen LogP contribution in [0.15, 0.2) is 54.6 Å². The predicted molar refractivity (Wildman–Crippen MR) is 119 cm³/mol. The van der Waals surface area contributed by atoms with Crippen LogP contribution in [0.1, 0.15) is 38.6 Å². The lowest BCUT2D eigenvalue weighted by Crippen LogP contribution is -2.41. The van der Waals surface area contributed by atoms with E-state index in [1.807, 2.05) is 30.3 Å². The topological polar surface area (TPSA) is 112 Å². The van der Waals surface area contributed by atoms with Gasteiger partial charge in [0, 0.05) is 22.9 Å². The van der Waals surface area contributed by atoms with E-state index in [9.17, 15) is 14.4 Å². The molecule has 8 nitrogen and oxygen atoms in total. The van der Waals surface area contributed by atoms with Crippen LogP contribution < -0.4 is 21.5 Å². The molecule has 0 atom stereocenters. The smallest absolute Gasteiger partial charge is 0.319 e. The van der Waals surface area contributed by atoms with Gasteiger partial charge in [-0.3, -0.25) is 20.4 Å². The SMILES string of the molecule is Cc1nc(-c2ccccc2)sc1C(=O)NNC(=O)c1cccc(NC(=O)NC2CC2)c1. The number of carbonyl (C=O) groups excluding carboxylic acids is 3. The maximum Gasteiger partial charge on any atom is 0.319 e. The molecule has 0 saturated heterocycles. The van der Waals surface area contributed by atoms with E-state index < -0.39 is 11.8 Å². The molecule has 0 radical (unpaired) electrons. The van der Waals surface area contributed by atoms with Gasteiger partial charge < -0.3 is 10.6 Å². The normalized spacial score (nSPS) is 12.7. The second-order valence-corrected chi connectivity index (χ2v) is 8.16. The summed E-state index contributed by atoms with van der Waals surface area (Å²) in [5.41, 5.74) is 7.14. The number of benzene rings is 2. The third-order valence-electron chi connectivity index (χ3n) is 4.61. The Bertz CT molecular complexity index is 1130. The number of urea groups is 1. The highest BCUT2D eigenvalue weighted by atomic mass is 32.1. The van der Waals surface area contributed by atoms with E-state index in [-0.39, 0.29) is 12.1 Å². The minimum absolute atomic E-state index is 0.235. The zero-order valence-electron chi connectivity index (χ0n) is 16.8. The van der Waals surface area contributed by atoms with Gasteiger partial charge in [0.25, 0.3) is 11.8 Å². The third kappa shape index (κ3) is 5.26. The van der Waals surface area contributed by atoms with Crippen molar-refractivity contribution in [3.63, 3.8) is 0 Å². The summed E-state index contributed by atoms with van der Waals surface area (Å²) in [5.74, 6) is -0.936. The molecule has 0 aliphatic heterocycles. The second kappa shape index (κ2) is 8.97. The molecule has 0 spiro atoms. The minimum Gasteiger partial charge on any atom is -0.335 e. The van der Waals surface area contributed by atoms with Crippen molar-refractivity contribution < 1.29 is 14.4 Å². The summed E-state index contributed by atoms with van der Waals surface area (Å²) < 4.78 is 0. The largest absolute Gasteiger partial charge is 0.335 e. The molecule has 4 rings (SSSR count). The zero-order chi connectivity index (χ0) is 21.8. The Balaban J connectivity index is 1.36. The Morgan fingerprint density at radius 2 is 1.71 bits per heavy atom. The first-order valence-electron chi connectivity index (χ1n) is 9.81. The third-order valence-corrected chi connectivity index (χ3v) is 5.81. The van der Waals surface area contributed by atoms with Crippen LogP contribution in [0.5, 0.6) is 0 Å². The summed E-state index contributed by atoms with van der Waals surface area (Å²) >= 11 is 1.26. The number of thiazole rings is 1. The van der Waals surface area contributed by atoms with Crippen LogP contribution in [0.3, 0.4) is 0 Å². The van der Waals surface area contributed by atoms with Crippen LogP contribution in [0.25, 0.3) is 10.6 Å². The maximum absolute atomic E-state index is 12.5. The average Bonchev–Trinajstić information content (AvgIpc) is 3.50. The molecular formula is C22H21N5O3S. The van der Waals surface area contributed by atoms with E-state index in [1.54, 1.807) is 31.2 Å². The van der Waals surface area contributed by atoms with Gasteiger partial charge in [0.05, 0.1) is 5.69 Å². The van der Waals surface area contributed by atoms with Crippen LogP contribution in [0.2, 0.25) is 0 Å². The summed E-state index contributed by atoms with van der Waals surface area (Å²) in [6.45, 7) is 1.75. The lowest BCUT2D eigenvalue weighted by Gasteiger charge is -2.09. The molecule has 4 N–H and O–H groups in total. The van der Waals surface area contributed by atoms with E-state index in [0.717, 1.165) is 23.4 Å². The Morgan fingerprint density at radius 1 is 0.968 bits per heavy atom. The highest BCUT2D eigenvalue weighted by Crippen LogP contribution is 2.27. The number of anilines is 1. The van der Waals surface area contributed by atoms with Gasteiger partial charge in [-0.05, 0) is 38.0 Å². The number of hydrazine groups is 1. The van der Waals surface area contributed by atoms with Crippen molar-refractivity contribution in [2.24, 2.45) is 0 Å². The van der Waals surface area contributed by atoms with Gasteiger partial charge in [-0.1, -0.05) is 36.4 Å². The first-order chi connectivity index (χ1) is 15.0. The number of aryl methyl sites for hydroxylation is 1. The van der Waals surface area contributed by atoms with Gasteiger partial charge in [0.15, 0.2) is 0 Å². The average molecular weight is 436 g/mol. The fourth-order valence-corrected chi connectivity index (χ4v) is 3.84. The molecule has 9 heteroatoms. The van der Waals surface area contributed by atoms with Gasteiger partial charge in [0.2, 0.25) is 0 Å². The molecule has 1 saturated carbocycles. The first-order valence-corrected chi connectivity index (χ1v) is 10.6. The molecule has 0 unspecified atom stereocenters. The molecule has 3 aromatic rings.